The molecule has 10 nitrogen and oxygen atoms in total. The quantitative estimate of drug-likeness (QED) is 0.0766. The maximum atomic E-state index is 14.7. The predicted molar refractivity (Wildman–Crippen MR) is 296 cm³/mol. The Labute approximate surface area is 431 Å². The minimum absolute atomic E-state index is 0.0484. The molecule has 0 radical (unpaired) electrons. The zero-order valence-corrected chi connectivity index (χ0v) is 51.6. The maximum Gasteiger partial charge on any atom is 0.309 e. The highest BCUT2D eigenvalue weighted by molar-refractivity contribution is 6.75. The van der Waals surface area contributed by atoms with Crippen molar-refractivity contribution in [1.82, 2.24) is 0 Å². The Hall–Kier alpha value is -1.53. The molecule has 0 N–H and O–H groups in total. The molecular formula is C57H104O10Si3. The zero-order valence-electron chi connectivity index (χ0n) is 48.6. The molecule has 0 aromatic rings. The number of carbonyl (C=O) groups excluding carboxylic acids is 2. The summed E-state index contributed by atoms with van der Waals surface area (Å²) in [4.78, 5) is 28.9. The summed E-state index contributed by atoms with van der Waals surface area (Å²) in [5.74, 6) is -0.517. The summed E-state index contributed by atoms with van der Waals surface area (Å²) in [7, 11) is -7.29. The number of carbonyl (C=O) groups is 2. The molecule has 0 saturated carbocycles. The summed E-state index contributed by atoms with van der Waals surface area (Å²) in [5.41, 5.74) is 3.03. The normalized spacial score (nSPS) is 32.2. The Morgan fingerprint density at radius 1 is 0.757 bits per heavy atom. The van der Waals surface area contributed by atoms with Gasteiger partial charge in [-0.2, -0.15) is 0 Å². The minimum atomic E-state index is -2.47. The molecule has 2 saturated heterocycles. The molecule has 12 atom stereocenters. The molecule has 4 bridgehead atoms. The van der Waals surface area contributed by atoms with Gasteiger partial charge in [-0.05, 0) is 132 Å². The Bertz CT molecular complexity index is 1790. The van der Waals surface area contributed by atoms with E-state index in [-0.39, 0.29) is 94.1 Å². The van der Waals surface area contributed by atoms with Gasteiger partial charge in [0.15, 0.2) is 25.0 Å². The number of cyclic esters (lactones) is 1. The summed E-state index contributed by atoms with van der Waals surface area (Å²) >= 11 is 0. The SMILES string of the molecule is C=C1/C=C(\C)[C@@H](C)[C@@H](O[Si](C)(C)C(C)(C)C)CC(=O)[C@@H](C)C[C@H](OCCOCC)C[C@H]2CC[C@@H](O2)[C@@H](/C=C/C=C(C)C)OC(=O)C[C@@H]2O[C@H](C[C@H]2C)[C@H](O[Si](C)(C)C(C)(C)C)[C@@H]1O[Si](C)(C)C(C)(C)C. The average Bonchev–Trinajstić information content (AvgIpc) is 3.83. The third-order valence-corrected chi connectivity index (χ3v) is 30.2. The molecule has 404 valence electrons. The van der Waals surface area contributed by atoms with Gasteiger partial charge in [-0.25, -0.2) is 0 Å². The topological polar surface area (TPSA) is 108 Å². The summed E-state index contributed by atoms with van der Waals surface area (Å²) in [6.45, 7) is 55.0. The standard InChI is InChI=1S/C57H104O10Si3/c1-24-60-30-31-61-45-33-40(5)46(58)36-50(65-68(18,19)55(9,10)11)43(8)39(4)32-42(7)53(66-69(20,21)56(12,13)14)54(67-70(22,23)57(15,16)17)51-34-41(6)49(63-51)37-52(59)64-47(27-25-26-38(2)3)48-29-28-44(35-45)62-48/h25-27,32,40-41,43-45,47-51,53-54H,7,24,28-31,33-37H2,1-6,8-23H3/b27-25+,39-32+/t40-,41+,43+,44+,45-,47+,48+,49-,50-,51+,53+,54-/m0/s1. The Balaban J connectivity index is 2.29. The molecule has 13 heteroatoms. The molecule has 0 spiro atoms. The molecule has 0 aromatic heterocycles. The molecule has 3 aliphatic heterocycles. The molecule has 3 aliphatic rings. The second-order valence-corrected chi connectivity index (χ2v) is 40.4. The van der Waals surface area contributed by atoms with Crippen molar-refractivity contribution >= 4 is 36.7 Å². The molecule has 3 rings (SSSR count). The fraction of sp³-hybridized carbons (Fsp3) is 0.825. The van der Waals surface area contributed by atoms with Crippen LogP contribution in [0.25, 0.3) is 0 Å². The molecule has 2 fully saturated rings. The van der Waals surface area contributed by atoms with Crippen LogP contribution in [0, 0.1) is 17.8 Å². The number of hydrogen-bond donors (Lipinski definition) is 0. The third kappa shape index (κ3) is 18.1. The average molecular weight is 1030 g/mol. The Morgan fingerprint density at radius 2 is 1.34 bits per heavy atom. The first-order valence-electron chi connectivity index (χ1n) is 26.9. The highest BCUT2D eigenvalue weighted by Crippen LogP contribution is 2.45. The largest absolute Gasteiger partial charge is 0.455 e. The van der Waals surface area contributed by atoms with E-state index in [2.05, 4.69) is 128 Å². The lowest BCUT2D eigenvalue weighted by Gasteiger charge is -2.47. The van der Waals surface area contributed by atoms with Gasteiger partial charge in [0.2, 0.25) is 0 Å². The highest BCUT2D eigenvalue weighted by atomic mass is 28.4. The van der Waals surface area contributed by atoms with Gasteiger partial charge in [0.25, 0.3) is 0 Å². The van der Waals surface area contributed by atoms with Gasteiger partial charge in [-0.1, -0.05) is 119 Å². The molecule has 0 aromatic carbocycles. The van der Waals surface area contributed by atoms with Crippen LogP contribution in [0.4, 0.5) is 0 Å². The first-order valence-corrected chi connectivity index (χ1v) is 35.7. The first kappa shape index (κ1) is 62.8. The first-order chi connectivity index (χ1) is 32.0. The van der Waals surface area contributed by atoms with Crippen LogP contribution in [0.3, 0.4) is 0 Å². The van der Waals surface area contributed by atoms with Crippen LogP contribution < -0.4 is 0 Å². The van der Waals surface area contributed by atoms with Crippen molar-refractivity contribution in [2.24, 2.45) is 17.8 Å². The summed E-state index contributed by atoms with van der Waals surface area (Å²) < 4.78 is 54.9. The van der Waals surface area contributed by atoms with E-state index in [4.69, 9.17) is 43.5 Å². The van der Waals surface area contributed by atoms with Gasteiger partial charge in [0, 0.05) is 24.9 Å². The second-order valence-electron chi connectivity index (χ2n) is 26.1. The van der Waals surface area contributed by atoms with Crippen molar-refractivity contribution in [3.8, 4) is 0 Å². The lowest BCUT2D eigenvalue weighted by molar-refractivity contribution is -0.158. The van der Waals surface area contributed by atoms with Gasteiger partial charge in [0.1, 0.15) is 18.0 Å². The fourth-order valence-corrected chi connectivity index (χ4v) is 12.7. The van der Waals surface area contributed by atoms with Crippen LogP contribution >= 0.6 is 0 Å². The lowest BCUT2D eigenvalue weighted by atomic mass is 9.86. The maximum absolute atomic E-state index is 14.7. The second kappa shape index (κ2) is 25.8. The number of allylic oxidation sites excluding steroid dienone is 3. The molecule has 0 unspecified atom stereocenters. The van der Waals surface area contributed by atoms with Gasteiger partial charge in [0.05, 0.1) is 62.4 Å². The Kier molecular flexibility index (Phi) is 23.1. The van der Waals surface area contributed by atoms with E-state index in [1.54, 1.807) is 0 Å². The van der Waals surface area contributed by atoms with Crippen molar-refractivity contribution < 1.29 is 46.6 Å². The van der Waals surface area contributed by atoms with Crippen molar-refractivity contribution in [2.45, 2.75) is 265 Å². The monoisotopic (exact) mass is 1030 g/mol. The van der Waals surface area contributed by atoms with E-state index in [0.29, 0.717) is 39.1 Å². The van der Waals surface area contributed by atoms with Crippen LogP contribution in [0.5, 0.6) is 0 Å². The van der Waals surface area contributed by atoms with E-state index in [1.807, 2.05) is 45.9 Å². The van der Waals surface area contributed by atoms with Crippen LogP contribution in [0.2, 0.25) is 54.4 Å². The molecule has 0 aliphatic carbocycles. The van der Waals surface area contributed by atoms with E-state index in [1.165, 1.54) is 0 Å². The lowest BCUT2D eigenvalue weighted by Crippen LogP contribution is -2.55. The Morgan fingerprint density at radius 3 is 1.91 bits per heavy atom. The number of hydrogen-bond acceptors (Lipinski definition) is 10. The number of fused-ring (bicyclic) bond motifs is 4. The number of rotatable bonds is 13. The van der Waals surface area contributed by atoms with Crippen LogP contribution in [0.15, 0.2) is 47.6 Å². The number of ketones is 1. The molecule has 70 heavy (non-hydrogen) atoms. The van der Waals surface area contributed by atoms with Gasteiger partial charge in [-0.3, -0.25) is 9.59 Å². The van der Waals surface area contributed by atoms with Crippen molar-refractivity contribution in [1.29, 1.82) is 0 Å². The highest BCUT2D eigenvalue weighted by Gasteiger charge is 2.51. The van der Waals surface area contributed by atoms with Crippen LogP contribution in [-0.4, -0.2) is 111 Å². The summed E-state index contributed by atoms with van der Waals surface area (Å²) in [6.07, 6.45) is 8.45. The van der Waals surface area contributed by atoms with E-state index < -0.39 is 43.3 Å². The predicted octanol–water partition coefficient (Wildman–Crippen LogP) is 14.3. The summed E-state index contributed by atoms with van der Waals surface area (Å²) in [6, 6.07) is 0. The zero-order chi connectivity index (χ0) is 53.4. The molecule has 0 amide bonds. The van der Waals surface area contributed by atoms with E-state index in [9.17, 15) is 9.59 Å². The van der Waals surface area contributed by atoms with E-state index >= 15 is 0 Å². The molecule has 3 heterocycles. The number of esters is 1. The van der Waals surface area contributed by atoms with Gasteiger partial charge >= 0.3 is 5.97 Å². The van der Waals surface area contributed by atoms with E-state index in [0.717, 1.165) is 29.6 Å². The van der Waals surface area contributed by atoms with Crippen LogP contribution in [0.1, 0.15) is 156 Å². The summed E-state index contributed by atoms with van der Waals surface area (Å²) in [5, 5.41) is -0.279. The van der Waals surface area contributed by atoms with Crippen molar-refractivity contribution in [3.05, 3.63) is 47.6 Å². The van der Waals surface area contributed by atoms with Crippen molar-refractivity contribution in [2.75, 3.05) is 19.8 Å². The third-order valence-electron chi connectivity index (χ3n) is 16.8. The number of Topliss-reactive ketones (excluding diaryl/α,β-unsaturated/α-hetero) is 1. The van der Waals surface area contributed by atoms with Crippen molar-refractivity contribution in [3.63, 3.8) is 0 Å². The fourth-order valence-electron chi connectivity index (χ4n) is 8.74. The van der Waals surface area contributed by atoms with Crippen LogP contribution in [-0.2, 0) is 46.6 Å². The minimum Gasteiger partial charge on any atom is -0.455 e. The number of ether oxygens (including phenoxy) is 5. The smallest absolute Gasteiger partial charge is 0.309 e. The van der Waals surface area contributed by atoms with Gasteiger partial charge in [-0.15, -0.1) is 0 Å². The van der Waals surface area contributed by atoms with Gasteiger partial charge < -0.3 is 37.0 Å². The molecular weight excluding hydrogens is 929 g/mol.